The molecule has 1 saturated heterocycles. The van der Waals surface area contributed by atoms with E-state index in [-0.39, 0.29) is 12.0 Å². The standard InChI is InChI=1S/C17H21NO2S/c18-16(10-13-8-9-21(19,20)12-13)11-15-6-3-5-14-4-1-2-7-17(14)15/h1-7,13,16H,8-12,18H2. The van der Waals surface area contributed by atoms with E-state index < -0.39 is 9.84 Å². The third-order valence-corrected chi connectivity index (χ3v) is 6.16. The van der Waals surface area contributed by atoms with Crippen LogP contribution in [0.25, 0.3) is 10.8 Å². The molecule has 1 fully saturated rings. The molecule has 3 nitrogen and oxygen atoms in total. The second kappa shape index (κ2) is 5.78. The Hall–Kier alpha value is -1.39. The molecule has 0 spiro atoms. The third-order valence-electron chi connectivity index (χ3n) is 4.32. The summed E-state index contributed by atoms with van der Waals surface area (Å²) in [5, 5.41) is 2.47. The van der Waals surface area contributed by atoms with Crippen LogP contribution in [0.4, 0.5) is 0 Å². The molecule has 21 heavy (non-hydrogen) atoms. The smallest absolute Gasteiger partial charge is 0.150 e. The van der Waals surface area contributed by atoms with Crippen LogP contribution in [-0.4, -0.2) is 26.0 Å². The molecule has 0 aromatic heterocycles. The average molecular weight is 303 g/mol. The summed E-state index contributed by atoms with van der Waals surface area (Å²) >= 11 is 0. The lowest BCUT2D eigenvalue weighted by Crippen LogP contribution is -2.26. The number of benzene rings is 2. The maximum Gasteiger partial charge on any atom is 0.150 e. The number of fused-ring (bicyclic) bond motifs is 1. The molecule has 0 aliphatic carbocycles. The fourth-order valence-electron chi connectivity index (χ4n) is 3.32. The summed E-state index contributed by atoms with van der Waals surface area (Å²) in [7, 11) is -2.80. The number of nitrogens with two attached hydrogens (primary N) is 1. The van der Waals surface area contributed by atoms with Crippen molar-refractivity contribution in [3.63, 3.8) is 0 Å². The Bertz CT molecular complexity index is 734. The molecule has 2 atom stereocenters. The van der Waals surface area contributed by atoms with E-state index in [0.717, 1.165) is 19.3 Å². The van der Waals surface area contributed by atoms with E-state index >= 15 is 0 Å². The highest BCUT2D eigenvalue weighted by Gasteiger charge is 2.29. The van der Waals surface area contributed by atoms with Crippen LogP contribution >= 0.6 is 0 Å². The fourth-order valence-corrected chi connectivity index (χ4v) is 5.20. The molecule has 2 aromatic carbocycles. The van der Waals surface area contributed by atoms with Crippen molar-refractivity contribution in [2.24, 2.45) is 11.7 Å². The molecular weight excluding hydrogens is 282 g/mol. The van der Waals surface area contributed by atoms with E-state index in [1.165, 1.54) is 16.3 Å². The molecule has 2 aromatic rings. The van der Waals surface area contributed by atoms with Crippen LogP contribution in [0.2, 0.25) is 0 Å². The molecule has 1 heterocycles. The van der Waals surface area contributed by atoms with Gasteiger partial charge in [-0.1, -0.05) is 42.5 Å². The van der Waals surface area contributed by atoms with Gasteiger partial charge in [0.1, 0.15) is 0 Å². The molecule has 4 heteroatoms. The largest absolute Gasteiger partial charge is 0.327 e. The second-order valence-corrected chi connectivity index (χ2v) is 8.34. The Morgan fingerprint density at radius 2 is 1.90 bits per heavy atom. The van der Waals surface area contributed by atoms with Crippen LogP contribution in [-0.2, 0) is 16.3 Å². The van der Waals surface area contributed by atoms with E-state index in [4.69, 9.17) is 5.73 Å². The summed E-state index contributed by atoms with van der Waals surface area (Å²) < 4.78 is 23.0. The minimum Gasteiger partial charge on any atom is -0.327 e. The van der Waals surface area contributed by atoms with Gasteiger partial charge in [0.15, 0.2) is 9.84 Å². The molecule has 1 aliphatic heterocycles. The lowest BCUT2D eigenvalue weighted by Gasteiger charge is -2.16. The van der Waals surface area contributed by atoms with Gasteiger partial charge >= 0.3 is 0 Å². The molecule has 2 N–H and O–H groups in total. The van der Waals surface area contributed by atoms with Gasteiger partial charge in [0.2, 0.25) is 0 Å². The molecule has 0 saturated carbocycles. The minimum absolute atomic E-state index is 0.0223. The second-order valence-electron chi connectivity index (χ2n) is 6.11. The summed E-state index contributed by atoms with van der Waals surface area (Å²) in [5.41, 5.74) is 7.52. The summed E-state index contributed by atoms with van der Waals surface area (Å²) in [6.07, 6.45) is 2.37. The first-order chi connectivity index (χ1) is 10.0. The Kier molecular flexibility index (Phi) is 4.00. The van der Waals surface area contributed by atoms with Gasteiger partial charge in [-0.2, -0.15) is 0 Å². The van der Waals surface area contributed by atoms with E-state index in [9.17, 15) is 8.42 Å². The summed E-state index contributed by atoms with van der Waals surface area (Å²) in [5.74, 6) is 0.884. The highest BCUT2D eigenvalue weighted by Crippen LogP contribution is 2.25. The van der Waals surface area contributed by atoms with Crippen molar-refractivity contribution in [3.8, 4) is 0 Å². The first-order valence-electron chi connectivity index (χ1n) is 7.46. The van der Waals surface area contributed by atoms with Crippen molar-refractivity contribution < 1.29 is 8.42 Å². The Balaban J connectivity index is 1.71. The maximum atomic E-state index is 11.5. The fraction of sp³-hybridized carbons (Fsp3) is 0.412. The lowest BCUT2D eigenvalue weighted by molar-refractivity contribution is 0.469. The van der Waals surface area contributed by atoms with Gasteiger partial charge in [-0.05, 0) is 41.5 Å². The highest BCUT2D eigenvalue weighted by molar-refractivity contribution is 7.91. The van der Waals surface area contributed by atoms with E-state index in [1.54, 1.807) is 0 Å². The van der Waals surface area contributed by atoms with Gasteiger partial charge in [0.05, 0.1) is 11.5 Å². The van der Waals surface area contributed by atoms with Crippen LogP contribution in [0.3, 0.4) is 0 Å². The zero-order valence-corrected chi connectivity index (χ0v) is 12.9. The van der Waals surface area contributed by atoms with Crippen molar-refractivity contribution in [1.82, 2.24) is 0 Å². The van der Waals surface area contributed by atoms with Crippen molar-refractivity contribution in [2.75, 3.05) is 11.5 Å². The van der Waals surface area contributed by atoms with Crippen molar-refractivity contribution in [3.05, 3.63) is 48.0 Å². The van der Waals surface area contributed by atoms with Gasteiger partial charge in [-0.25, -0.2) is 8.42 Å². The van der Waals surface area contributed by atoms with Crippen LogP contribution in [0.15, 0.2) is 42.5 Å². The summed E-state index contributed by atoms with van der Waals surface area (Å²) in [6.45, 7) is 0. The average Bonchev–Trinajstić information content (AvgIpc) is 2.78. The van der Waals surface area contributed by atoms with E-state index in [1.807, 2.05) is 12.1 Å². The predicted molar refractivity (Wildman–Crippen MR) is 87.0 cm³/mol. The Labute approximate surface area is 126 Å². The van der Waals surface area contributed by atoms with E-state index in [0.29, 0.717) is 11.5 Å². The SMILES string of the molecule is NC(Cc1cccc2ccccc12)CC1CCS(=O)(=O)C1. The maximum absolute atomic E-state index is 11.5. The van der Waals surface area contributed by atoms with E-state index in [2.05, 4.69) is 30.3 Å². The Morgan fingerprint density at radius 1 is 1.14 bits per heavy atom. The molecule has 3 rings (SSSR count). The highest BCUT2D eigenvalue weighted by atomic mass is 32.2. The summed E-state index contributed by atoms with van der Waals surface area (Å²) in [6, 6.07) is 14.6. The first kappa shape index (κ1) is 14.5. The molecular formula is C17H21NO2S. The summed E-state index contributed by atoms with van der Waals surface area (Å²) in [4.78, 5) is 0. The molecule has 2 unspecified atom stereocenters. The number of hydrogen-bond acceptors (Lipinski definition) is 3. The molecule has 1 aliphatic rings. The van der Waals surface area contributed by atoms with Gasteiger partial charge < -0.3 is 5.73 Å². The molecule has 0 radical (unpaired) electrons. The van der Waals surface area contributed by atoms with Crippen LogP contribution in [0.1, 0.15) is 18.4 Å². The van der Waals surface area contributed by atoms with Gasteiger partial charge in [0, 0.05) is 6.04 Å². The van der Waals surface area contributed by atoms with Gasteiger partial charge in [-0.15, -0.1) is 0 Å². The zero-order valence-electron chi connectivity index (χ0n) is 12.0. The van der Waals surface area contributed by atoms with Crippen molar-refractivity contribution in [1.29, 1.82) is 0 Å². The number of rotatable bonds is 4. The minimum atomic E-state index is -2.80. The topological polar surface area (TPSA) is 60.2 Å². The number of hydrogen-bond donors (Lipinski definition) is 1. The van der Waals surface area contributed by atoms with Gasteiger partial charge in [-0.3, -0.25) is 0 Å². The van der Waals surface area contributed by atoms with Crippen LogP contribution in [0.5, 0.6) is 0 Å². The normalized spacial score (nSPS) is 22.4. The predicted octanol–water partition coefficient (Wildman–Crippen LogP) is 2.53. The van der Waals surface area contributed by atoms with Gasteiger partial charge in [0.25, 0.3) is 0 Å². The third kappa shape index (κ3) is 3.44. The molecule has 0 amide bonds. The van der Waals surface area contributed by atoms with Crippen LogP contribution in [0, 0.1) is 5.92 Å². The van der Waals surface area contributed by atoms with Crippen molar-refractivity contribution in [2.45, 2.75) is 25.3 Å². The Morgan fingerprint density at radius 3 is 2.67 bits per heavy atom. The zero-order chi connectivity index (χ0) is 14.9. The molecule has 0 bridgehead atoms. The van der Waals surface area contributed by atoms with Crippen LogP contribution < -0.4 is 5.73 Å². The van der Waals surface area contributed by atoms with Crippen molar-refractivity contribution >= 4 is 20.6 Å². The molecule has 112 valence electrons. The quantitative estimate of drug-likeness (QED) is 0.944. The monoisotopic (exact) mass is 303 g/mol. The lowest BCUT2D eigenvalue weighted by atomic mass is 9.93. The first-order valence-corrected chi connectivity index (χ1v) is 9.28. The number of sulfone groups is 1.